The van der Waals surface area contributed by atoms with Crippen molar-refractivity contribution in [2.75, 3.05) is 20.2 Å². The average molecular weight is 281 g/mol. The van der Waals surface area contributed by atoms with Gasteiger partial charge >= 0.3 is 0 Å². The molecule has 0 radical (unpaired) electrons. The number of likely N-dealkylation sites (tertiary alicyclic amines) is 1. The summed E-state index contributed by atoms with van der Waals surface area (Å²) in [4.78, 5) is 12.0. The Balaban J connectivity index is 0.000000141. The fraction of sp³-hybridized carbons (Fsp3) is 0.500. The summed E-state index contributed by atoms with van der Waals surface area (Å²) in [5, 5.41) is 0. The van der Waals surface area contributed by atoms with Crippen LogP contribution in [0.1, 0.15) is 12.0 Å². The van der Waals surface area contributed by atoms with Gasteiger partial charge in [-0.2, -0.15) is 0 Å². The Bertz CT molecular complexity index is 414. The highest BCUT2D eigenvalue weighted by atomic mass is 32.1. The Labute approximate surface area is 119 Å². The molecule has 2 atom stereocenters. The second kappa shape index (κ2) is 6.41. The van der Waals surface area contributed by atoms with Crippen molar-refractivity contribution in [2.24, 2.45) is 0 Å². The third-order valence-corrected chi connectivity index (χ3v) is 3.91. The number of rotatable bonds is 3. The molecule has 104 valence electrons. The van der Waals surface area contributed by atoms with Gasteiger partial charge in [0, 0.05) is 13.7 Å². The van der Waals surface area contributed by atoms with Crippen molar-refractivity contribution in [3.05, 3.63) is 35.9 Å². The molecule has 5 heteroatoms. The fourth-order valence-electron chi connectivity index (χ4n) is 2.15. The quantitative estimate of drug-likeness (QED) is 0.521. The molecule has 19 heavy (non-hydrogen) atoms. The molecule has 4 nitrogen and oxygen atoms in total. The number of benzene rings is 1. The zero-order valence-corrected chi connectivity index (χ0v) is 11.9. The molecule has 0 aromatic heterocycles. The molecular weight excluding hydrogens is 262 g/mol. The number of amides is 1. The van der Waals surface area contributed by atoms with Crippen LogP contribution < -0.4 is 0 Å². The Morgan fingerprint density at radius 1 is 1.53 bits per heavy atom. The van der Waals surface area contributed by atoms with E-state index in [4.69, 9.17) is 9.47 Å². The van der Waals surface area contributed by atoms with Crippen molar-refractivity contribution >= 4 is 19.0 Å². The minimum absolute atomic E-state index is 0.0655. The molecule has 1 spiro atoms. The molecule has 2 unspecified atom stereocenters. The van der Waals surface area contributed by atoms with Gasteiger partial charge in [-0.25, -0.2) is 0 Å². The van der Waals surface area contributed by atoms with Gasteiger partial charge in [0.25, 0.3) is 0 Å². The van der Waals surface area contributed by atoms with E-state index in [9.17, 15) is 4.79 Å². The van der Waals surface area contributed by atoms with Crippen molar-refractivity contribution in [3.8, 4) is 0 Å². The monoisotopic (exact) mass is 281 g/mol. The van der Waals surface area contributed by atoms with Crippen LogP contribution in [0, 0.1) is 0 Å². The number of carbonyl (C=O) groups is 1. The lowest BCUT2D eigenvalue weighted by atomic mass is 10.1. The van der Waals surface area contributed by atoms with Crippen molar-refractivity contribution in [3.63, 3.8) is 0 Å². The highest BCUT2D eigenvalue weighted by Gasteiger charge is 2.58. The molecule has 0 N–H and O–H groups in total. The lowest BCUT2D eigenvalue weighted by Gasteiger charge is -2.05. The lowest BCUT2D eigenvalue weighted by molar-refractivity contribution is -0.117. The Hall–Kier alpha value is -1.04. The summed E-state index contributed by atoms with van der Waals surface area (Å²) < 4.78 is 10.2. The highest BCUT2D eigenvalue weighted by molar-refractivity contribution is 7.81. The van der Waals surface area contributed by atoms with Gasteiger partial charge in [-0.05, 0) is 12.0 Å². The van der Waals surface area contributed by atoms with E-state index in [1.165, 1.54) is 5.56 Å². The van der Waals surface area contributed by atoms with Gasteiger partial charge < -0.3 is 14.4 Å². The Kier molecular flexibility index (Phi) is 4.85. The Morgan fingerprint density at radius 2 is 2.21 bits per heavy atom. The summed E-state index contributed by atoms with van der Waals surface area (Å²) in [6.45, 7) is 2.26. The number of hydrogen-bond acceptors (Lipinski definition) is 4. The Morgan fingerprint density at radius 3 is 2.63 bits per heavy atom. The molecular formula is C14H19NO3S. The molecule has 1 amide bonds. The summed E-state index contributed by atoms with van der Waals surface area (Å²) in [6, 6.07) is 10.1. The first kappa shape index (κ1) is 14.4. The minimum Gasteiger partial charge on any atom is -0.380 e. The molecule has 2 heterocycles. The average Bonchev–Trinajstić information content (AvgIpc) is 2.87. The predicted molar refractivity (Wildman–Crippen MR) is 76.0 cm³/mol. The van der Waals surface area contributed by atoms with Crippen molar-refractivity contribution in [2.45, 2.75) is 24.1 Å². The normalized spacial score (nSPS) is 27.9. The van der Waals surface area contributed by atoms with Crippen LogP contribution in [0.5, 0.6) is 0 Å². The maximum Gasteiger partial charge on any atom is 0.209 e. The zero-order valence-electron chi connectivity index (χ0n) is 11.0. The number of epoxide rings is 1. The van der Waals surface area contributed by atoms with Crippen LogP contribution in [-0.4, -0.2) is 42.5 Å². The second-order valence-corrected chi connectivity index (χ2v) is 5.25. The van der Waals surface area contributed by atoms with Crippen LogP contribution in [-0.2, 0) is 20.9 Å². The summed E-state index contributed by atoms with van der Waals surface area (Å²) in [5.41, 5.74) is 1.22. The van der Waals surface area contributed by atoms with E-state index in [-0.39, 0.29) is 11.0 Å². The molecule has 1 aromatic rings. The van der Waals surface area contributed by atoms with E-state index in [1.54, 1.807) is 12.0 Å². The zero-order chi connectivity index (χ0) is 13.7. The largest absolute Gasteiger partial charge is 0.380 e. The minimum atomic E-state index is -0.0655. The van der Waals surface area contributed by atoms with Crippen molar-refractivity contribution < 1.29 is 14.3 Å². The van der Waals surface area contributed by atoms with Gasteiger partial charge in [0.05, 0.1) is 13.2 Å². The van der Waals surface area contributed by atoms with Gasteiger partial charge in [0.1, 0.15) is 11.0 Å². The number of nitrogens with zero attached hydrogens (tertiary/aromatic N) is 1. The summed E-state index contributed by atoms with van der Waals surface area (Å²) in [5.74, 6) is 0. The first-order chi connectivity index (χ1) is 9.20. The van der Waals surface area contributed by atoms with E-state index in [2.05, 4.69) is 12.6 Å². The maximum atomic E-state index is 10.3. The van der Waals surface area contributed by atoms with Gasteiger partial charge in [-0.15, -0.1) is 12.6 Å². The van der Waals surface area contributed by atoms with Crippen LogP contribution in [0.2, 0.25) is 0 Å². The SMILES string of the molecule is COCc1ccccc1.O=CN1CCC2(C1)OC2S. The van der Waals surface area contributed by atoms with Crippen LogP contribution >= 0.6 is 12.6 Å². The van der Waals surface area contributed by atoms with Gasteiger partial charge in [0.15, 0.2) is 0 Å². The lowest BCUT2D eigenvalue weighted by Crippen LogP contribution is -2.22. The van der Waals surface area contributed by atoms with E-state index in [0.29, 0.717) is 6.61 Å². The van der Waals surface area contributed by atoms with Gasteiger partial charge in [-0.1, -0.05) is 30.3 Å². The molecule has 1 aromatic carbocycles. The molecule has 2 aliphatic rings. The van der Waals surface area contributed by atoms with Crippen LogP contribution in [0.15, 0.2) is 30.3 Å². The van der Waals surface area contributed by atoms with E-state index in [1.807, 2.05) is 30.3 Å². The van der Waals surface area contributed by atoms with Gasteiger partial charge in [-0.3, -0.25) is 4.79 Å². The second-order valence-electron chi connectivity index (χ2n) is 4.78. The topological polar surface area (TPSA) is 42.1 Å². The van der Waals surface area contributed by atoms with Gasteiger partial charge in [0.2, 0.25) is 6.41 Å². The molecule has 0 aliphatic carbocycles. The molecule has 3 rings (SSSR count). The van der Waals surface area contributed by atoms with E-state index >= 15 is 0 Å². The predicted octanol–water partition coefficient (Wildman–Crippen LogP) is 1.71. The van der Waals surface area contributed by atoms with Crippen LogP contribution in [0.4, 0.5) is 0 Å². The van der Waals surface area contributed by atoms with Crippen LogP contribution in [0.3, 0.4) is 0 Å². The van der Waals surface area contributed by atoms with Crippen molar-refractivity contribution in [1.29, 1.82) is 0 Å². The number of carbonyl (C=O) groups excluding carboxylic acids is 1. The number of ether oxygens (including phenoxy) is 2. The van der Waals surface area contributed by atoms with Crippen LogP contribution in [0.25, 0.3) is 0 Å². The molecule has 2 fully saturated rings. The maximum absolute atomic E-state index is 10.3. The third kappa shape index (κ3) is 3.72. The number of methoxy groups -OCH3 is 1. The van der Waals surface area contributed by atoms with Crippen molar-refractivity contribution in [1.82, 2.24) is 4.90 Å². The third-order valence-electron chi connectivity index (χ3n) is 3.33. The molecule has 2 aliphatic heterocycles. The highest BCUT2D eigenvalue weighted by Crippen LogP contribution is 2.45. The van der Waals surface area contributed by atoms with E-state index in [0.717, 1.165) is 25.9 Å². The standard InChI is InChI=1S/C8H10O.C6H9NO2S/c1-9-7-8-5-3-2-4-6-8;8-4-7-2-1-6(3-7)5(10)9-6/h2-6H,7H2,1H3;4-5,10H,1-3H2. The smallest absolute Gasteiger partial charge is 0.209 e. The number of hydrogen-bond donors (Lipinski definition) is 1. The summed E-state index contributed by atoms with van der Waals surface area (Å²) in [6.07, 6.45) is 1.82. The molecule has 2 saturated heterocycles. The molecule has 0 bridgehead atoms. The molecule has 0 saturated carbocycles. The first-order valence-corrected chi connectivity index (χ1v) is 6.80. The van der Waals surface area contributed by atoms with E-state index < -0.39 is 0 Å². The number of thiol groups is 1. The summed E-state index contributed by atoms with van der Waals surface area (Å²) >= 11 is 4.17. The fourth-order valence-corrected chi connectivity index (χ4v) is 2.57. The summed E-state index contributed by atoms with van der Waals surface area (Å²) in [7, 11) is 1.70. The first-order valence-electron chi connectivity index (χ1n) is 6.28.